The summed E-state index contributed by atoms with van der Waals surface area (Å²) in [6.07, 6.45) is -1.95. The van der Waals surface area contributed by atoms with Crippen LogP contribution >= 0.6 is 11.8 Å². The van der Waals surface area contributed by atoms with Crippen molar-refractivity contribution in [3.05, 3.63) is 59.9 Å². The normalized spacial score (nSPS) is 19.8. The van der Waals surface area contributed by atoms with Gasteiger partial charge in [-0.15, -0.1) is 0 Å². The average Bonchev–Trinajstić information content (AvgIpc) is 3.08. The Hall–Kier alpha value is -2.55. The van der Waals surface area contributed by atoms with Crippen LogP contribution in [0.2, 0.25) is 0 Å². The molecule has 0 amide bonds. The second-order valence-electron chi connectivity index (χ2n) is 5.35. The van der Waals surface area contributed by atoms with Gasteiger partial charge in [-0.25, -0.2) is 9.79 Å². The average molecular weight is 382 g/mol. The topological polar surface area (TPSA) is 60.8 Å². The zero-order chi connectivity index (χ0) is 18.8. The first-order valence-corrected chi connectivity index (χ1v) is 8.40. The van der Waals surface area contributed by atoms with Crippen LogP contribution in [-0.2, 0) is 4.74 Å². The van der Waals surface area contributed by atoms with Gasteiger partial charge in [-0.3, -0.25) is 4.98 Å². The molecule has 0 radical (unpaired) electrons. The molecule has 1 aromatic carbocycles. The molecule has 0 aliphatic carbocycles. The number of alkyl halides is 3. The molecule has 0 bridgehead atoms. The van der Waals surface area contributed by atoms with E-state index in [1.54, 1.807) is 18.2 Å². The lowest BCUT2D eigenvalue weighted by atomic mass is 10.2. The lowest BCUT2D eigenvalue weighted by Crippen LogP contribution is -2.48. The number of ether oxygens (including phenoxy) is 2. The molecular formula is C17H13F3N2O3S. The molecule has 1 aliphatic heterocycles. The standard InChI is InChI=1S/C17H13F3N2O3S/c1-24-13-6-2-4-11(8-13)15(23)25-16(17(18,19)20)10-26-14(22-16)12-5-3-7-21-9-12/h2-9H,10H2,1H3. The van der Waals surface area contributed by atoms with E-state index in [9.17, 15) is 18.0 Å². The van der Waals surface area contributed by atoms with E-state index < -0.39 is 23.6 Å². The largest absolute Gasteiger partial charge is 0.497 e. The summed E-state index contributed by atoms with van der Waals surface area (Å²) in [7, 11) is 1.39. The molecule has 2 heterocycles. The van der Waals surface area contributed by atoms with Gasteiger partial charge in [0, 0.05) is 18.0 Å². The van der Waals surface area contributed by atoms with Crippen molar-refractivity contribution in [3.8, 4) is 5.75 Å². The number of halogens is 3. The smallest absolute Gasteiger partial charge is 0.451 e. The fourth-order valence-electron chi connectivity index (χ4n) is 2.25. The Bertz CT molecular complexity index is 843. The molecule has 26 heavy (non-hydrogen) atoms. The Balaban J connectivity index is 1.92. The molecule has 0 saturated carbocycles. The summed E-state index contributed by atoms with van der Waals surface area (Å²) in [4.78, 5) is 19.9. The van der Waals surface area contributed by atoms with E-state index in [-0.39, 0.29) is 10.6 Å². The highest BCUT2D eigenvalue weighted by Gasteiger charge is 2.61. The van der Waals surface area contributed by atoms with Crippen molar-refractivity contribution >= 4 is 22.8 Å². The lowest BCUT2D eigenvalue weighted by molar-refractivity contribution is -0.245. The number of nitrogens with zero attached hydrogens (tertiary/aromatic N) is 2. The molecule has 0 fully saturated rings. The fourth-order valence-corrected chi connectivity index (χ4v) is 3.37. The van der Waals surface area contributed by atoms with Gasteiger partial charge in [0.25, 0.3) is 0 Å². The number of hydrogen-bond acceptors (Lipinski definition) is 6. The quantitative estimate of drug-likeness (QED) is 0.755. The first-order chi connectivity index (χ1) is 12.3. The van der Waals surface area contributed by atoms with Crippen molar-refractivity contribution in [1.82, 2.24) is 4.98 Å². The van der Waals surface area contributed by atoms with Gasteiger partial charge in [-0.05, 0) is 30.3 Å². The van der Waals surface area contributed by atoms with Crippen LogP contribution in [0.3, 0.4) is 0 Å². The highest BCUT2D eigenvalue weighted by molar-refractivity contribution is 8.14. The third kappa shape index (κ3) is 3.52. The molecule has 1 unspecified atom stereocenters. The molecule has 0 N–H and O–H groups in total. The van der Waals surface area contributed by atoms with Crippen molar-refractivity contribution in [1.29, 1.82) is 0 Å². The molecule has 0 spiro atoms. The van der Waals surface area contributed by atoms with Crippen LogP contribution in [0.15, 0.2) is 53.8 Å². The van der Waals surface area contributed by atoms with Crippen molar-refractivity contribution in [2.45, 2.75) is 11.9 Å². The maximum Gasteiger partial charge on any atom is 0.451 e. The maximum absolute atomic E-state index is 13.7. The fraction of sp³-hybridized carbons (Fsp3) is 0.235. The lowest BCUT2D eigenvalue weighted by Gasteiger charge is -2.27. The molecule has 9 heteroatoms. The Kier molecular flexibility index (Phi) is 4.90. The van der Waals surface area contributed by atoms with Gasteiger partial charge in [0.05, 0.1) is 18.4 Å². The second kappa shape index (κ2) is 6.99. The van der Waals surface area contributed by atoms with Crippen LogP contribution in [0.5, 0.6) is 5.75 Å². The van der Waals surface area contributed by atoms with Crippen molar-refractivity contribution < 1.29 is 27.4 Å². The predicted molar refractivity (Wildman–Crippen MR) is 90.4 cm³/mol. The van der Waals surface area contributed by atoms with Crippen LogP contribution in [-0.4, -0.2) is 40.8 Å². The molecule has 1 aromatic heterocycles. The molecule has 136 valence electrons. The third-order valence-electron chi connectivity index (χ3n) is 3.61. The summed E-state index contributed by atoms with van der Waals surface area (Å²) in [5, 5.41) is 0.119. The van der Waals surface area contributed by atoms with Gasteiger partial charge < -0.3 is 9.47 Å². The van der Waals surface area contributed by atoms with E-state index in [1.807, 2.05) is 0 Å². The Labute approximate surface area is 151 Å². The SMILES string of the molecule is COc1cccc(C(=O)OC2(C(F)(F)F)CSC(c3cccnc3)=N2)c1. The summed E-state index contributed by atoms with van der Waals surface area (Å²) in [6.45, 7) is 0. The number of hydrogen-bond donors (Lipinski definition) is 0. The van der Waals surface area contributed by atoms with Crippen LogP contribution in [0.4, 0.5) is 13.2 Å². The van der Waals surface area contributed by atoms with Crippen molar-refractivity contribution in [2.24, 2.45) is 4.99 Å². The second-order valence-corrected chi connectivity index (χ2v) is 6.31. The zero-order valence-electron chi connectivity index (χ0n) is 13.5. The Morgan fingerprint density at radius 2 is 2.08 bits per heavy atom. The molecule has 1 aliphatic rings. The van der Waals surface area contributed by atoms with E-state index in [2.05, 4.69) is 9.98 Å². The van der Waals surface area contributed by atoms with Gasteiger partial charge in [0.15, 0.2) is 0 Å². The van der Waals surface area contributed by atoms with Crippen LogP contribution in [0, 0.1) is 0 Å². The number of benzene rings is 1. The van der Waals surface area contributed by atoms with Crippen molar-refractivity contribution in [2.75, 3.05) is 12.9 Å². The van der Waals surface area contributed by atoms with Crippen LogP contribution < -0.4 is 4.74 Å². The summed E-state index contributed by atoms with van der Waals surface area (Å²) >= 11 is 0.862. The van der Waals surface area contributed by atoms with Gasteiger partial charge >= 0.3 is 17.9 Å². The van der Waals surface area contributed by atoms with Gasteiger partial charge in [0.2, 0.25) is 0 Å². The van der Waals surface area contributed by atoms with E-state index in [0.717, 1.165) is 11.8 Å². The van der Waals surface area contributed by atoms with Crippen LogP contribution in [0.1, 0.15) is 15.9 Å². The number of rotatable bonds is 4. The first-order valence-electron chi connectivity index (χ1n) is 7.42. The molecule has 0 saturated heterocycles. The number of pyridine rings is 1. The monoisotopic (exact) mass is 382 g/mol. The Morgan fingerprint density at radius 3 is 2.73 bits per heavy atom. The number of aliphatic imine (C=N–C) groups is 1. The van der Waals surface area contributed by atoms with E-state index in [4.69, 9.17) is 9.47 Å². The van der Waals surface area contributed by atoms with Gasteiger partial charge in [-0.2, -0.15) is 13.2 Å². The minimum absolute atomic E-state index is 0.0528. The van der Waals surface area contributed by atoms with E-state index >= 15 is 0 Å². The predicted octanol–water partition coefficient (Wildman–Crippen LogP) is 3.70. The third-order valence-corrected chi connectivity index (χ3v) is 4.74. The van der Waals surface area contributed by atoms with Crippen molar-refractivity contribution in [3.63, 3.8) is 0 Å². The molecule has 2 aromatic rings. The zero-order valence-corrected chi connectivity index (χ0v) is 14.3. The summed E-state index contributed by atoms with van der Waals surface area (Å²) in [5.41, 5.74) is -2.56. The van der Waals surface area contributed by atoms with Gasteiger partial charge in [0.1, 0.15) is 10.8 Å². The number of methoxy groups -OCH3 is 1. The summed E-state index contributed by atoms with van der Waals surface area (Å²) < 4.78 is 50.9. The number of carbonyl (C=O) groups excluding carboxylic acids is 1. The van der Waals surface area contributed by atoms with Crippen LogP contribution in [0.25, 0.3) is 0 Å². The number of aromatic nitrogens is 1. The number of thioether (sulfide) groups is 1. The summed E-state index contributed by atoms with van der Waals surface area (Å²) in [5.74, 6) is -1.35. The maximum atomic E-state index is 13.7. The van der Waals surface area contributed by atoms with E-state index in [0.29, 0.717) is 11.3 Å². The highest BCUT2D eigenvalue weighted by Crippen LogP contribution is 2.44. The molecular weight excluding hydrogens is 369 g/mol. The number of esters is 1. The first kappa shape index (κ1) is 18.2. The molecule has 1 atom stereocenters. The molecule has 5 nitrogen and oxygen atoms in total. The van der Waals surface area contributed by atoms with Gasteiger partial charge in [-0.1, -0.05) is 17.8 Å². The summed E-state index contributed by atoms with van der Waals surface area (Å²) in [6, 6.07) is 8.90. The highest BCUT2D eigenvalue weighted by atomic mass is 32.2. The minimum Gasteiger partial charge on any atom is -0.497 e. The molecule has 3 rings (SSSR count). The number of carbonyl (C=O) groups is 1. The van der Waals surface area contributed by atoms with E-state index in [1.165, 1.54) is 37.7 Å². The Morgan fingerprint density at radius 1 is 1.27 bits per heavy atom. The minimum atomic E-state index is -4.86.